The van der Waals surface area contributed by atoms with E-state index >= 15 is 0 Å². The molecule has 0 saturated heterocycles. The summed E-state index contributed by atoms with van der Waals surface area (Å²) in [6, 6.07) is 10.1. The van der Waals surface area contributed by atoms with Crippen molar-refractivity contribution >= 4 is 11.8 Å². The Labute approximate surface area is 174 Å². The van der Waals surface area contributed by atoms with Gasteiger partial charge < -0.3 is 15.3 Å². The number of nitrogens with one attached hydrogen (secondary N) is 1. The van der Waals surface area contributed by atoms with Gasteiger partial charge in [-0.05, 0) is 44.1 Å². The Hall–Kier alpha value is -1.88. The third-order valence-electron chi connectivity index (χ3n) is 7.14. The molecule has 3 atom stereocenters. The highest BCUT2D eigenvalue weighted by Crippen LogP contribution is 2.39. The first-order valence-corrected chi connectivity index (χ1v) is 11.2. The summed E-state index contributed by atoms with van der Waals surface area (Å²) in [7, 11) is 1.87. The van der Waals surface area contributed by atoms with Crippen molar-refractivity contribution < 1.29 is 14.7 Å². The Kier molecular flexibility index (Phi) is 7.33. The summed E-state index contributed by atoms with van der Waals surface area (Å²) < 4.78 is 0. The molecule has 5 heteroatoms. The highest BCUT2D eigenvalue weighted by Gasteiger charge is 2.40. The lowest BCUT2D eigenvalue weighted by Gasteiger charge is -2.35. The van der Waals surface area contributed by atoms with Crippen molar-refractivity contribution in [2.45, 2.75) is 82.3 Å². The van der Waals surface area contributed by atoms with E-state index in [2.05, 4.69) is 17.4 Å². The maximum atomic E-state index is 13.1. The van der Waals surface area contributed by atoms with E-state index in [9.17, 15) is 14.7 Å². The van der Waals surface area contributed by atoms with Crippen LogP contribution >= 0.6 is 0 Å². The van der Waals surface area contributed by atoms with Crippen molar-refractivity contribution in [3.05, 3.63) is 35.9 Å². The SMILES string of the molecule is CC(=O)NC[C@]1(c2ccccc2)CC[C@@H](O)[C@H](N(C)C(=O)C2CCCCC2)CC1. The summed E-state index contributed by atoms with van der Waals surface area (Å²) in [4.78, 5) is 26.5. The van der Waals surface area contributed by atoms with Gasteiger partial charge in [-0.2, -0.15) is 0 Å². The third kappa shape index (κ3) is 5.19. The number of nitrogens with zero attached hydrogens (tertiary/aromatic N) is 1. The van der Waals surface area contributed by atoms with Crippen molar-refractivity contribution in [2.24, 2.45) is 5.92 Å². The Bertz CT molecular complexity index is 687. The molecular weight excluding hydrogens is 364 g/mol. The van der Waals surface area contributed by atoms with Crippen molar-refractivity contribution in [3.8, 4) is 0 Å². The van der Waals surface area contributed by atoms with Gasteiger partial charge in [0.2, 0.25) is 11.8 Å². The molecule has 0 bridgehead atoms. The molecular formula is C24H36N2O3. The van der Waals surface area contributed by atoms with Gasteiger partial charge in [-0.15, -0.1) is 0 Å². The molecule has 2 aliphatic carbocycles. The van der Waals surface area contributed by atoms with Gasteiger partial charge in [0, 0.05) is 31.8 Å². The number of rotatable bonds is 5. The van der Waals surface area contributed by atoms with E-state index in [1.54, 1.807) is 6.92 Å². The van der Waals surface area contributed by atoms with Gasteiger partial charge in [-0.1, -0.05) is 49.6 Å². The lowest BCUT2D eigenvalue weighted by molar-refractivity contribution is -0.140. The highest BCUT2D eigenvalue weighted by atomic mass is 16.3. The minimum absolute atomic E-state index is 0.0359. The second kappa shape index (κ2) is 9.75. The standard InChI is InChI=1S/C24H36N2O3/c1-18(27)25-17-24(20-11-7-4-8-12-20)15-13-21(22(28)14-16-24)26(2)23(29)19-9-5-3-6-10-19/h4,7-8,11-12,19,21-22,28H,3,5-6,9-10,13-17H2,1-2H3,(H,25,27)/t21-,22-,24-/m1/s1. The predicted octanol–water partition coefficient (Wildman–Crippen LogP) is 3.40. The summed E-state index contributed by atoms with van der Waals surface area (Å²) in [5.74, 6) is 0.275. The molecule has 0 heterocycles. The van der Waals surface area contributed by atoms with E-state index in [-0.39, 0.29) is 29.2 Å². The molecule has 2 saturated carbocycles. The van der Waals surface area contributed by atoms with E-state index in [4.69, 9.17) is 0 Å². The molecule has 2 N–H and O–H groups in total. The van der Waals surface area contributed by atoms with Crippen LogP contribution in [0.3, 0.4) is 0 Å². The maximum Gasteiger partial charge on any atom is 0.225 e. The molecule has 29 heavy (non-hydrogen) atoms. The molecule has 1 aromatic carbocycles. The molecule has 2 amide bonds. The fourth-order valence-electron chi connectivity index (χ4n) is 5.26. The van der Waals surface area contributed by atoms with Crippen LogP contribution in [-0.2, 0) is 15.0 Å². The summed E-state index contributed by atoms with van der Waals surface area (Å²) in [6.45, 7) is 2.11. The van der Waals surface area contributed by atoms with Gasteiger partial charge in [0.05, 0.1) is 12.1 Å². The smallest absolute Gasteiger partial charge is 0.225 e. The lowest BCUT2D eigenvalue weighted by Crippen LogP contribution is -2.47. The average Bonchev–Trinajstić information content (AvgIpc) is 2.92. The average molecular weight is 401 g/mol. The third-order valence-corrected chi connectivity index (χ3v) is 7.14. The Morgan fingerprint density at radius 1 is 1.07 bits per heavy atom. The molecule has 2 aliphatic rings. The Morgan fingerprint density at radius 2 is 1.72 bits per heavy atom. The fourth-order valence-corrected chi connectivity index (χ4v) is 5.26. The molecule has 0 radical (unpaired) electrons. The van der Waals surface area contributed by atoms with Crippen LogP contribution in [0.4, 0.5) is 0 Å². The molecule has 1 aromatic rings. The van der Waals surface area contributed by atoms with Gasteiger partial charge in [0.15, 0.2) is 0 Å². The van der Waals surface area contributed by atoms with Crippen LogP contribution in [0, 0.1) is 5.92 Å². The highest BCUT2D eigenvalue weighted by molar-refractivity contribution is 5.79. The second-order valence-electron chi connectivity index (χ2n) is 9.05. The minimum atomic E-state index is -0.532. The van der Waals surface area contributed by atoms with Crippen LogP contribution in [-0.4, -0.2) is 47.6 Å². The number of aliphatic hydroxyl groups is 1. The van der Waals surface area contributed by atoms with E-state index in [0.29, 0.717) is 13.0 Å². The molecule has 3 rings (SSSR count). The molecule has 2 fully saturated rings. The fraction of sp³-hybridized carbons (Fsp3) is 0.667. The van der Waals surface area contributed by atoms with Gasteiger partial charge in [0.25, 0.3) is 0 Å². The van der Waals surface area contributed by atoms with Crippen molar-refractivity contribution in [3.63, 3.8) is 0 Å². The van der Waals surface area contributed by atoms with E-state index in [1.165, 1.54) is 12.0 Å². The van der Waals surface area contributed by atoms with E-state index < -0.39 is 6.10 Å². The van der Waals surface area contributed by atoms with E-state index in [0.717, 1.165) is 44.9 Å². The largest absolute Gasteiger partial charge is 0.391 e. The number of carbonyl (C=O) groups excluding carboxylic acids is 2. The number of hydrogen-bond acceptors (Lipinski definition) is 3. The normalized spacial score (nSPS) is 28.4. The number of carbonyl (C=O) groups is 2. The van der Waals surface area contributed by atoms with Gasteiger partial charge in [-0.25, -0.2) is 0 Å². The van der Waals surface area contributed by atoms with E-state index in [1.807, 2.05) is 30.1 Å². The summed E-state index contributed by atoms with van der Waals surface area (Å²) in [5, 5.41) is 14.0. The number of hydrogen-bond donors (Lipinski definition) is 2. The number of amides is 2. The summed E-state index contributed by atoms with van der Waals surface area (Å²) >= 11 is 0. The van der Waals surface area contributed by atoms with Crippen molar-refractivity contribution in [1.29, 1.82) is 0 Å². The van der Waals surface area contributed by atoms with Gasteiger partial charge in [-0.3, -0.25) is 9.59 Å². The van der Waals surface area contributed by atoms with Gasteiger partial charge >= 0.3 is 0 Å². The Morgan fingerprint density at radius 3 is 2.38 bits per heavy atom. The zero-order chi connectivity index (χ0) is 20.9. The first-order valence-electron chi connectivity index (χ1n) is 11.2. The van der Waals surface area contributed by atoms with Crippen LogP contribution in [0.1, 0.15) is 70.3 Å². The number of likely N-dealkylation sites (N-methyl/N-ethyl adjacent to an activating group) is 1. The van der Waals surface area contributed by atoms with Crippen LogP contribution in [0.15, 0.2) is 30.3 Å². The second-order valence-corrected chi connectivity index (χ2v) is 9.05. The van der Waals surface area contributed by atoms with Crippen molar-refractivity contribution in [1.82, 2.24) is 10.2 Å². The first kappa shape index (κ1) is 21.8. The van der Waals surface area contributed by atoms with Gasteiger partial charge in [0.1, 0.15) is 0 Å². The monoisotopic (exact) mass is 400 g/mol. The van der Waals surface area contributed by atoms with Crippen LogP contribution < -0.4 is 5.32 Å². The molecule has 5 nitrogen and oxygen atoms in total. The first-order chi connectivity index (χ1) is 13.9. The molecule has 0 spiro atoms. The zero-order valence-electron chi connectivity index (χ0n) is 17.9. The maximum absolute atomic E-state index is 13.1. The zero-order valence-corrected chi connectivity index (χ0v) is 17.9. The summed E-state index contributed by atoms with van der Waals surface area (Å²) in [6.07, 6.45) is 7.90. The topological polar surface area (TPSA) is 69.6 Å². The molecule has 0 aliphatic heterocycles. The van der Waals surface area contributed by atoms with Crippen LogP contribution in [0.2, 0.25) is 0 Å². The van der Waals surface area contributed by atoms with Crippen LogP contribution in [0.25, 0.3) is 0 Å². The molecule has 0 unspecified atom stereocenters. The minimum Gasteiger partial charge on any atom is -0.391 e. The number of aliphatic hydroxyl groups excluding tert-OH is 1. The number of benzene rings is 1. The lowest BCUT2D eigenvalue weighted by atomic mass is 9.74. The quantitative estimate of drug-likeness (QED) is 0.744. The van der Waals surface area contributed by atoms with Crippen molar-refractivity contribution in [2.75, 3.05) is 13.6 Å². The predicted molar refractivity (Wildman–Crippen MR) is 114 cm³/mol. The van der Waals surface area contributed by atoms with Crippen LogP contribution in [0.5, 0.6) is 0 Å². The Balaban J connectivity index is 1.77. The molecule has 0 aromatic heterocycles. The molecule has 160 valence electrons. The summed E-state index contributed by atoms with van der Waals surface area (Å²) in [5.41, 5.74) is 0.986.